The summed E-state index contributed by atoms with van der Waals surface area (Å²) in [5.74, 6) is 0.613. The molecule has 2 aliphatic carbocycles. The maximum absolute atomic E-state index is 12.3. The van der Waals surface area contributed by atoms with Gasteiger partial charge in [-0.3, -0.25) is 0 Å². The van der Waals surface area contributed by atoms with Crippen LogP contribution >= 0.6 is 0 Å². The number of esters is 2. The van der Waals surface area contributed by atoms with Gasteiger partial charge in [-0.2, -0.15) is 0 Å². The quantitative estimate of drug-likeness (QED) is 0.737. The minimum atomic E-state index is -0.422. The minimum absolute atomic E-state index is 0.369. The summed E-state index contributed by atoms with van der Waals surface area (Å²) in [7, 11) is 0. The van der Waals surface area contributed by atoms with Crippen LogP contribution in [0.5, 0.6) is 0 Å². The SMILES string of the molecule is O=C(OC1=CCCCC1)c1cccc(C(=O)OC2=CCCCC2)c1. The Labute approximate surface area is 142 Å². The Hall–Kier alpha value is -2.36. The monoisotopic (exact) mass is 326 g/mol. The van der Waals surface area contributed by atoms with Crippen molar-refractivity contribution < 1.29 is 19.1 Å². The summed E-state index contributed by atoms with van der Waals surface area (Å²) in [4.78, 5) is 24.5. The van der Waals surface area contributed by atoms with E-state index in [4.69, 9.17) is 9.47 Å². The van der Waals surface area contributed by atoms with Crippen LogP contribution in [0.2, 0.25) is 0 Å². The Balaban J connectivity index is 1.66. The number of carbonyl (C=O) groups excluding carboxylic acids is 2. The molecule has 0 unspecified atom stereocenters. The molecule has 0 atom stereocenters. The van der Waals surface area contributed by atoms with Gasteiger partial charge in [-0.1, -0.05) is 6.07 Å². The molecule has 24 heavy (non-hydrogen) atoms. The lowest BCUT2D eigenvalue weighted by Crippen LogP contribution is -2.10. The molecule has 0 fully saturated rings. The zero-order valence-electron chi connectivity index (χ0n) is 13.8. The van der Waals surface area contributed by atoms with Crippen molar-refractivity contribution in [1.82, 2.24) is 0 Å². The van der Waals surface area contributed by atoms with Crippen molar-refractivity contribution in [3.05, 3.63) is 59.1 Å². The van der Waals surface area contributed by atoms with Crippen molar-refractivity contribution in [1.29, 1.82) is 0 Å². The normalized spacial score (nSPS) is 17.5. The highest BCUT2D eigenvalue weighted by atomic mass is 16.5. The van der Waals surface area contributed by atoms with Crippen LogP contribution < -0.4 is 0 Å². The summed E-state index contributed by atoms with van der Waals surface area (Å²) in [5.41, 5.74) is 0.738. The maximum Gasteiger partial charge on any atom is 0.343 e. The average Bonchev–Trinajstić information content (AvgIpc) is 2.63. The van der Waals surface area contributed by atoms with Gasteiger partial charge in [-0.15, -0.1) is 0 Å². The van der Waals surface area contributed by atoms with Gasteiger partial charge in [0.15, 0.2) is 0 Å². The second kappa shape index (κ2) is 7.95. The molecule has 0 heterocycles. The summed E-state index contributed by atoms with van der Waals surface area (Å²) in [5, 5.41) is 0. The van der Waals surface area contributed by atoms with E-state index in [1.807, 2.05) is 12.2 Å². The molecule has 0 amide bonds. The molecule has 0 aromatic heterocycles. The Morgan fingerprint density at radius 1 is 0.750 bits per heavy atom. The zero-order valence-corrected chi connectivity index (χ0v) is 13.8. The van der Waals surface area contributed by atoms with Crippen LogP contribution in [0.3, 0.4) is 0 Å². The van der Waals surface area contributed by atoms with E-state index in [-0.39, 0.29) is 0 Å². The van der Waals surface area contributed by atoms with E-state index in [0.717, 1.165) is 62.9 Å². The third kappa shape index (κ3) is 4.34. The second-order valence-corrected chi connectivity index (χ2v) is 6.19. The molecule has 126 valence electrons. The van der Waals surface area contributed by atoms with Crippen LogP contribution in [-0.2, 0) is 9.47 Å². The van der Waals surface area contributed by atoms with Crippen molar-refractivity contribution in [2.75, 3.05) is 0 Å². The van der Waals surface area contributed by atoms with E-state index in [1.54, 1.807) is 18.2 Å². The summed E-state index contributed by atoms with van der Waals surface area (Å²) in [6.45, 7) is 0. The fourth-order valence-corrected chi connectivity index (χ4v) is 2.93. The van der Waals surface area contributed by atoms with Crippen molar-refractivity contribution in [2.45, 2.75) is 51.4 Å². The molecular formula is C20H22O4. The van der Waals surface area contributed by atoms with Crippen LogP contribution in [-0.4, -0.2) is 11.9 Å². The van der Waals surface area contributed by atoms with Gasteiger partial charge in [0.2, 0.25) is 0 Å². The molecule has 1 aromatic carbocycles. The molecule has 0 aliphatic heterocycles. The topological polar surface area (TPSA) is 52.6 Å². The zero-order chi connectivity index (χ0) is 16.8. The van der Waals surface area contributed by atoms with E-state index in [0.29, 0.717) is 11.1 Å². The first-order valence-corrected chi connectivity index (χ1v) is 8.65. The van der Waals surface area contributed by atoms with Gasteiger partial charge in [0.25, 0.3) is 0 Å². The number of benzene rings is 1. The molecule has 0 N–H and O–H groups in total. The van der Waals surface area contributed by atoms with Crippen LogP contribution in [0.15, 0.2) is 47.9 Å². The average molecular weight is 326 g/mol. The Kier molecular flexibility index (Phi) is 5.47. The number of ether oxygens (including phenoxy) is 2. The highest BCUT2D eigenvalue weighted by Crippen LogP contribution is 2.22. The van der Waals surface area contributed by atoms with E-state index in [2.05, 4.69) is 0 Å². The van der Waals surface area contributed by atoms with E-state index < -0.39 is 11.9 Å². The third-order valence-electron chi connectivity index (χ3n) is 4.28. The molecule has 0 saturated carbocycles. The van der Waals surface area contributed by atoms with Crippen molar-refractivity contribution in [3.8, 4) is 0 Å². The molecule has 4 heteroatoms. The number of hydrogen-bond acceptors (Lipinski definition) is 4. The predicted octanol–water partition coefficient (Wildman–Crippen LogP) is 4.92. The lowest BCUT2D eigenvalue weighted by Gasteiger charge is -2.14. The largest absolute Gasteiger partial charge is 0.428 e. The van der Waals surface area contributed by atoms with Crippen LogP contribution in [0.25, 0.3) is 0 Å². The van der Waals surface area contributed by atoms with Gasteiger partial charge < -0.3 is 9.47 Å². The Bertz CT molecular complexity index is 629. The molecule has 0 spiro atoms. The van der Waals surface area contributed by atoms with Crippen LogP contribution in [0.1, 0.15) is 72.1 Å². The highest BCUT2D eigenvalue weighted by Gasteiger charge is 2.16. The highest BCUT2D eigenvalue weighted by molar-refractivity contribution is 5.95. The maximum atomic E-state index is 12.3. The number of hydrogen-bond donors (Lipinski definition) is 0. The van der Waals surface area contributed by atoms with Crippen molar-refractivity contribution >= 4 is 11.9 Å². The van der Waals surface area contributed by atoms with Crippen molar-refractivity contribution in [2.24, 2.45) is 0 Å². The molecule has 4 nitrogen and oxygen atoms in total. The van der Waals surface area contributed by atoms with E-state index in [1.165, 1.54) is 6.07 Å². The van der Waals surface area contributed by atoms with Gasteiger partial charge in [-0.05, 0) is 68.9 Å². The van der Waals surface area contributed by atoms with Gasteiger partial charge in [0.05, 0.1) is 11.1 Å². The molecule has 0 radical (unpaired) electrons. The van der Waals surface area contributed by atoms with Gasteiger partial charge in [0, 0.05) is 12.8 Å². The Morgan fingerprint density at radius 2 is 1.25 bits per heavy atom. The van der Waals surface area contributed by atoms with E-state index in [9.17, 15) is 9.59 Å². The molecular weight excluding hydrogens is 304 g/mol. The first-order chi connectivity index (χ1) is 11.7. The second-order valence-electron chi connectivity index (χ2n) is 6.19. The molecule has 0 bridgehead atoms. The summed E-state index contributed by atoms with van der Waals surface area (Å²) in [6, 6.07) is 6.53. The van der Waals surface area contributed by atoms with Gasteiger partial charge >= 0.3 is 11.9 Å². The molecule has 0 saturated heterocycles. The summed E-state index contributed by atoms with van der Waals surface area (Å²) >= 11 is 0. The van der Waals surface area contributed by atoms with Crippen molar-refractivity contribution in [3.63, 3.8) is 0 Å². The van der Waals surface area contributed by atoms with Crippen LogP contribution in [0.4, 0.5) is 0 Å². The number of carbonyl (C=O) groups is 2. The first-order valence-electron chi connectivity index (χ1n) is 8.65. The number of allylic oxidation sites excluding steroid dienone is 4. The van der Waals surface area contributed by atoms with Gasteiger partial charge in [0.1, 0.15) is 11.5 Å². The smallest absolute Gasteiger partial charge is 0.343 e. The number of rotatable bonds is 4. The first kappa shape index (κ1) is 16.5. The van der Waals surface area contributed by atoms with E-state index >= 15 is 0 Å². The fourth-order valence-electron chi connectivity index (χ4n) is 2.93. The molecule has 1 aromatic rings. The summed E-state index contributed by atoms with van der Waals surface area (Å²) < 4.78 is 10.8. The standard InChI is InChI=1S/C20H22O4/c21-19(23-17-10-3-1-4-11-17)15-8-7-9-16(14-15)20(22)24-18-12-5-2-6-13-18/h7-10,12,14H,1-6,11,13H2. The minimum Gasteiger partial charge on any atom is -0.428 e. The fraction of sp³-hybridized carbons (Fsp3) is 0.400. The molecule has 3 rings (SSSR count). The van der Waals surface area contributed by atoms with Gasteiger partial charge in [-0.25, -0.2) is 9.59 Å². The third-order valence-corrected chi connectivity index (χ3v) is 4.28. The van der Waals surface area contributed by atoms with Crippen LogP contribution in [0, 0.1) is 0 Å². The molecule has 2 aliphatic rings. The summed E-state index contributed by atoms with van der Waals surface area (Å²) in [6.07, 6.45) is 11.8. The lowest BCUT2D eigenvalue weighted by atomic mass is 10.1. The predicted molar refractivity (Wildman–Crippen MR) is 90.4 cm³/mol. The Morgan fingerprint density at radius 3 is 1.67 bits per heavy atom. The lowest BCUT2D eigenvalue weighted by molar-refractivity contribution is 0.0608.